The Morgan fingerprint density at radius 3 is 1.89 bits per heavy atom. The van der Waals surface area contributed by atoms with Gasteiger partial charge in [-0.05, 0) is 47.4 Å². The quantitative estimate of drug-likeness (QED) is 0.652. The number of hydrogen-bond donors (Lipinski definition) is 1. The lowest BCUT2D eigenvalue weighted by Gasteiger charge is -2.45. The van der Waals surface area contributed by atoms with E-state index in [0.29, 0.717) is 19.6 Å². The second-order valence-electron chi connectivity index (χ2n) is 10.8. The van der Waals surface area contributed by atoms with Crippen molar-refractivity contribution >= 4 is 17.7 Å². The van der Waals surface area contributed by atoms with E-state index in [1.54, 1.807) is 0 Å². The van der Waals surface area contributed by atoms with Crippen LogP contribution in [0.1, 0.15) is 67.2 Å². The van der Waals surface area contributed by atoms with Gasteiger partial charge in [-0.15, -0.1) is 0 Å². The van der Waals surface area contributed by atoms with Crippen LogP contribution in [0.2, 0.25) is 0 Å². The molecule has 4 atom stereocenters. The van der Waals surface area contributed by atoms with Gasteiger partial charge in [-0.25, -0.2) is 0 Å². The van der Waals surface area contributed by atoms with Crippen molar-refractivity contribution in [2.24, 2.45) is 17.8 Å². The molecule has 3 aliphatic carbocycles. The highest BCUT2D eigenvalue weighted by molar-refractivity contribution is 6.10. The number of benzene rings is 2. The summed E-state index contributed by atoms with van der Waals surface area (Å²) in [5.41, 5.74) is 4.57. The van der Waals surface area contributed by atoms with Crippen LogP contribution in [0, 0.1) is 17.8 Å². The summed E-state index contributed by atoms with van der Waals surface area (Å²) in [6, 6.07) is 15.6. The molecular formula is C29H32N2O4. The number of ether oxygens (including phenoxy) is 1. The zero-order valence-corrected chi connectivity index (χ0v) is 20.3. The lowest BCUT2D eigenvalue weighted by atomic mass is 9.55. The van der Waals surface area contributed by atoms with Gasteiger partial charge in [0.1, 0.15) is 6.04 Å². The Balaban J connectivity index is 1.36. The van der Waals surface area contributed by atoms with E-state index in [2.05, 4.69) is 29.6 Å². The Kier molecular flexibility index (Phi) is 5.52. The zero-order chi connectivity index (χ0) is 24.3. The summed E-state index contributed by atoms with van der Waals surface area (Å²) in [6.45, 7) is 5.17. The summed E-state index contributed by atoms with van der Waals surface area (Å²) < 4.78 is 5.65. The molecule has 2 fully saturated rings. The molecule has 3 amide bonds. The molecule has 2 aliphatic heterocycles. The molecule has 1 N–H and O–H groups in total. The molecule has 35 heavy (non-hydrogen) atoms. The first-order chi connectivity index (χ1) is 17.0. The van der Waals surface area contributed by atoms with E-state index in [4.69, 9.17) is 4.74 Å². The predicted molar refractivity (Wildman–Crippen MR) is 131 cm³/mol. The number of nitrogens with one attached hydrogen (secondary N) is 1. The first kappa shape index (κ1) is 22.5. The minimum absolute atomic E-state index is 0.00561. The van der Waals surface area contributed by atoms with Gasteiger partial charge in [0.15, 0.2) is 0 Å². The van der Waals surface area contributed by atoms with Crippen molar-refractivity contribution in [3.8, 4) is 0 Å². The summed E-state index contributed by atoms with van der Waals surface area (Å²) in [6.07, 6.45) is 2.36. The van der Waals surface area contributed by atoms with Crippen LogP contribution >= 0.6 is 0 Å². The van der Waals surface area contributed by atoms with Crippen LogP contribution in [0.3, 0.4) is 0 Å². The Bertz CT molecular complexity index is 1070. The molecule has 2 aromatic rings. The molecule has 2 bridgehead atoms. The number of rotatable bonds is 6. The zero-order valence-electron chi connectivity index (χ0n) is 20.3. The van der Waals surface area contributed by atoms with Gasteiger partial charge < -0.3 is 10.1 Å². The van der Waals surface area contributed by atoms with Crippen molar-refractivity contribution in [1.29, 1.82) is 0 Å². The molecule has 7 rings (SSSR count). The summed E-state index contributed by atoms with van der Waals surface area (Å²) in [5, 5.41) is 2.99. The number of amides is 3. The number of nitrogens with zero attached hydrogens (tertiary/aromatic N) is 1. The van der Waals surface area contributed by atoms with Gasteiger partial charge >= 0.3 is 0 Å². The van der Waals surface area contributed by atoms with Crippen LogP contribution < -0.4 is 5.32 Å². The number of imide groups is 1. The second-order valence-corrected chi connectivity index (χ2v) is 10.8. The van der Waals surface area contributed by atoms with Crippen LogP contribution in [0.5, 0.6) is 0 Å². The topological polar surface area (TPSA) is 75.7 Å². The van der Waals surface area contributed by atoms with E-state index >= 15 is 0 Å². The largest absolute Gasteiger partial charge is 0.376 e. The smallest absolute Gasteiger partial charge is 0.243 e. The third-order valence-electron chi connectivity index (χ3n) is 8.32. The second kappa shape index (κ2) is 8.59. The number of hydrogen-bond acceptors (Lipinski definition) is 4. The molecule has 0 spiro atoms. The Labute approximate surface area is 206 Å². The van der Waals surface area contributed by atoms with E-state index in [9.17, 15) is 14.4 Å². The molecule has 0 radical (unpaired) electrons. The van der Waals surface area contributed by atoms with Crippen molar-refractivity contribution in [2.45, 2.75) is 57.1 Å². The SMILES string of the molecule is CC(C)C[C@@H](C(=O)NC[C@H]1CCCO1)N1C(=O)[C@@H]2C3c4ccccc4C(c4ccccc43)[C@@H]2C1=O. The Morgan fingerprint density at radius 2 is 1.46 bits per heavy atom. The molecule has 6 nitrogen and oxygen atoms in total. The number of carbonyl (C=O) groups excluding carboxylic acids is 3. The average Bonchev–Trinajstić information content (AvgIpc) is 3.48. The van der Waals surface area contributed by atoms with Gasteiger partial charge in [0.2, 0.25) is 17.7 Å². The third-order valence-corrected chi connectivity index (χ3v) is 8.32. The van der Waals surface area contributed by atoms with Crippen LogP contribution in [0.25, 0.3) is 0 Å². The maximum absolute atomic E-state index is 14.0. The molecule has 0 aromatic heterocycles. The summed E-state index contributed by atoms with van der Waals surface area (Å²) >= 11 is 0. The Hall–Kier alpha value is -2.99. The third kappa shape index (κ3) is 3.45. The van der Waals surface area contributed by atoms with Crippen molar-refractivity contribution in [1.82, 2.24) is 10.2 Å². The van der Waals surface area contributed by atoms with Crippen molar-refractivity contribution in [3.05, 3.63) is 70.8 Å². The van der Waals surface area contributed by atoms with Gasteiger partial charge in [0, 0.05) is 25.0 Å². The highest BCUT2D eigenvalue weighted by atomic mass is 16.5. The van der Waals surface area contributed by atoms with Crippen LogP contribution in [-0.2, 0) is 19.1 Å². The van der Waals surface area contributed by atoms with Crippen LogP contribution in [0.4, 0.5) is 0 Å². The maximum Gasteiger partial charge on any atom is 0.243 e. The normalized spacial score (nSPS) is 29.2. The van der Waals surface area contributed by atoms with Crippen molar-refractivity contribution < 1.29 is 19.1 Å². The monoisotopic (exact) mass is 472 g/mol. The molecule has 2 saturated heterocycles. The Morgan fingerprint density at radius 1 is 0.943 bits per heavy atom. The summed E-state index contributed by atoms with van der Waals surface area (Å²) in [5.74, 6) is -1.73. The minimum Gasteiger partial charge on any atom is -0.376 e. The first-order valence-corrected chi connectivity index (χ1v) is 12.9. The van der Waals surface area contributed by atoms with Gasteiger partial charge in [0.25, 0.3) is 0 Å². The van der Waals surface area contributed by atoms with Crippen LogP contribution in [0.15, 0.2) is 48.5 Å². The number of likely N-dealkylation sites (tertiary alicyclic amines) is 1. The fourth-order valence-electron chi connectivity index (χ4n) is 6.92. The molecule has 2 aromatic carbocycles. The predicted octanol–water partition coefficient (Wildman–Crippen LogP) is 3.59. The lowest BCUT2D eigenvalue weighted by molar-refractivity contribution is -0.148. The minimum atomic E-state index is -0.798. The fraction of sp³-hybridized carbons (Fsp3) is 0.483. The molecule has 0 unspecified atom stereocenters. The van der Waals surface area contributed by atoms with E-state index in [0.717, 1.165) is 35.1 Å². The molecule has 6 heteroatoms. The molecule has 182 valence electrons. The maximum atomic E-state index is 14.0. The summed E-state index contributed by atoms with van der Waals surface area (Å²) in [7, 11) is 0. The van der Waals surface area contributed by atoms with E-state index in [1.165, 1.54) is 4.90 Å². The molecule has 5 aliphatic rings. The van der Waals surface area contributed by atoms with Gasteiger partial charge in [0.05, 0.1) is 17.9 Å². The standard InChI is InChI=1S/C29H32N2O4/c1-16(2)14-22(27(32)30-15-17-8-7-13-35-17)31-28(33)25-23-18-9-3-4-10-19(18)24(26(25)29(31)34)21-12-6-5-11-20(21)23/h3-6,9-12,16-17,22-26H,7-8,13-15H2,1-2H3,(H,30,32)/t17-,22+,23?,24?,25-,26+/m1/s1. The van der Waals surface area contributed by atoms with Crippen molar-refractivity contribution in [2.75, 3.05) is 13.2 Å². The van der Waals surface area contributed by atoms with E-state index in [1.807, 2.05) is 38.1 Å². The lowest BCUT2D eigenvalue weighted by Crippen LogP contribution is -2.51. The van der Waals surface area contributed by atoms with Gasteiger partial charge in [-0.3, -0.25) is 19.3 Å². The van der Waals surface area contributed by atoms with E-state index < -0.39 is 17.9 Å². The first-order valence-electron chi connectivity index (χ1n) is 12.9. The highest BCUT2D eigenvalue weighted by Gasteiger charge is 2.63. The molecular weight excluding hydrogens is 440 g/mol. The average molecular weight is 473 g/mol. The molecule has 0 saturated carbocycles. The summed E-state index contributed by atoms with van der Waals surface area (Å²) in [4.78, 5) is 42.8. The highest BCUT2D eigenvalue weighted by Crippen LogP contribution is 2.61. The molecule has 2 heterocycles. The fourth-order valence-corrected chi connectivity index (χ4v) is 6.92. The van der Waals surface area contributed by atoms with E-state index in [-0.39, 0.29) is 41.6 Å². The van der Waals surface area contributed by atoms with Crippen LogP contribution in [-0.4, -0.2) is 47.9 Å². The number of carbonyl (C=O) groups is 3. The van der Waals surface area contributed by atoms with Crippen molar-refractivity contribution in [3.63, 3.8) is 0 Å². The van der Waals surface area contributed by atoms with Gasteiger partial charge in [-0.1, -0.05) is 62.4 Å². The van der Waals surface area contributed by atoms with Gasteiger partial charge in [-0.2, -0.15) is 0 Å².